The van der Waals surface area contributed by atoms with Gasteiger partial charge in [0.2, 0.25) is 0 Å². The summed E-state index contributed by atoms with van der Waals surface area (Å²) in [5.41, 5.74) is 1.85. The van der Waals surface area contributed by atoms with Crippen molar-refractivity contribution in [3.63, 3.8) is 0 Å². The molecule has 5 nitrogen and oxygen atoms in total. The van der Waals surface area contributed by atoms with Crippen LogP contribution in [0.15, 0.2) is 30.3 Å². The van der Waals surface area contributed by atoms with E-state index in [2.05, 4.69) is 4.98 Å². The van der Waals surface area contributed by atoms with Crippen LogP contribution in [0.1, 0.15) is 18.5 Å². The zero-order chi connectivity index (χ0) is 14.8. The largest absolute Gasteiger partial charge is 0.490 e. The smallest absolute Gasteiger partial charge is 0.407 e. The van der Waals surface area contributed by atoms with Crippen LogP contribution in [0.2, 0.25) is 0 Å². The first-order valence-corrected chi connectivity index (χ1v) is 7.14. The molecule has 2 heterocycles. The van der Waals surface area contributed by atoms with Gasteiger partial charge in [0.25, 0.3) is 0 Å². The van der Waals surface area contributed by atoms with E-state index in [9.17, 15) is 4.79 Å². The quantitative estimate of drug-likeness (QED) is 0.921. The Morgan fingerprint density at radius 1 is 1.33 bits per heavy atom. The zero-order valence-corrected chi connectivity index (χ0v) is 12.0. The molecule has 2 aromatic rings. The van der Waals surface area contributed by atoms with E-state index in [-0.39, 0.29) is 6.10 Å². The van der Waals surface area contributed by atoms with Crippen LogP contribution >= 0.6 is 0 Å². The Balaban J connectivity index is 1.78. The van der Waals surface area contributed by atoms with Crippen molar-refractivity contribution in [2.45, 2.75) is 25.9 Å². The molecule has 1 N–H and O–H groups in total. The van der Waals surface area contributed by atoms with Crippen LogP contribution in [0, 0.1) is 6.92 Å². The van der Waals surface area contributed by atoms with Gasteiger partial charge in [-0.15, -0.1) is 0 Å². The maximum atomic E-state index is 10.9. The molecule has 0 unspecified atom stereocenters. The molecule has 1 aromatic carbocycles. The van der Waals surface area contributed by atoms with Crippen LogP contribution in [-0.2, 0) is 0 Å². The molecule has 3 rings (SSSR count). The highest BCUT2D eigenvalue weighted by molar-refractivity contribution is 5.85. The van der Waals surface area contributed by atoms with Crippen molar-refractivity contribution >= 4 is 17.0 Å². The van der Waals surface area contributed by atoms with Gasteiger partial charge < -0.3 is 14.7 Å². The Hall–Kier alpha value is -2.30. The third-order valence-corrected chi connectivity index (χ3v) is 3.81. The van der Waals surface area contributed by atoms with Crippen molar-refractivity contribution in [2.24, 2.45) is 0 Å². The Morgan fingerprint density at radius 2 is 2.05 bits per heavy atom. The van der Waals surface area contributed by atoms with E-state index in [4.69, 9.17) is 9.84 Å². The van der Waals surface area contributed by atoms with E-state index in [0.717, 1.165) is 35.2 Å². The normalized spacial score (nSPS) is 16.1. The predicted molar refractivity (Wildman–Crippen MR) is 79.7 cm³/mol. The van der Waals surface area contributed by atoms with Gasteiger partial charge in [-0.1, -0.05) is 12.1 Å². The zero-order valence-electron chi connectivity index (χ0n) is 12.0. The number of rotatable bonds is 2. The average Bonchev–Trinajstić information content (AvgIpc) is 2.47. The van der Waals surface area contributed by atoms with Crippen molar-refractivity contribution in [1.29, 1.82) is 0 Å². The number of hydrogen-bond donors (Lipinski definition) is 1. The molecule has 0 saturated carbocycles. The number of amides is 1. The van der Waals surface area contributed by atoms with Gasteiger partial charge in [0.15, 0.2) is 0 Å². The van der Waals surface area contributed by atoms with Crippen LogP contribution in [0.25, 0.3) is 10.9 Å². The summed E-state index contributed by atoms with van der Waals surface area (Å²) in [5, 5.41) is 9.97. The number of para-hydroxylation sites is 1. The summed E-state index contributed by atoms with van der Waals surface area (Å²) in [5.74, 6) is 0.840. The molecular formula is C16H18N2O3. The van der Waals surface area contributed by atoms with Gasteiger partial charge in [0.05, 0.1) is 5.52 Å². The number of piperidine rings is 1. The lowest BCUT2D eigenvalue weighted by Gasteiger charge is -2.30. The first-order valence-electron chi connectivity index (χ1n) is 7.14. The van der Waals surface area contributed by atoms with Gasteiger partial charge in [0.1, 0.15) is 11.9 Å². The summed E-state index contributed by atoms with van der Waals surface area (Å²) >= 11 is 0. The highest BCUT2D eigenvalue weighted by atomic mass is 16.5. The molecule has 1 aromatic heterocycles. The van der Waals surface area contributed by atoms with Crippen LogP contribution in [0.3, 0.4) is 0 Å². The summed E-state index contributed by atoms with van der Waals surface area (Å²) in [7, 11) is 0. The first-order chi connectivity index (χ1) is 10.1. The fourth-order valence-corrected chi connectivity index (χ4v) is 2.71. The molecule has 1 saturated heterocycles. The summed E-state index contributed by atoms with van der Waals surface area (Å²) < 4.78 is 6.12. The lowest BCUT2D eigenvalue weighted by Crippen LogP contribution is -2.41. The molecule has 110 valence electrons. The fourth-order valence-electron chi connectivity index (χ4n) is 2.71. The number of aryl methyl sites for hydroxylation is 1. The highest BCUT2D eigenvalue weighted by Gasteiger charge is 2.23. The molecule has 0 radical (unpaired) electrons. The Kier molecular flexibility index (Phi) is 3.64. The molecule has 5 heteroatoms. The second-order valence-corrected chi connectivity index (χ2v) is 5.37. The SMILES string of the molecule is Cc1cc(OC2CCN(C(=O)O)CC2)c2ccccc2n1. The van der Waals surface area contributed by atoms with E-state index in [1.165, 1.54) is 4.90 Å². The number of carboxylic acid groups (broad SMARTS) is 1. The van der Waals surface area contributed by atoms with Crippen molar-refractivity contribution in [1.82, 2.24) is 9.88 Å². The molecule has 1 fully saturated rings. The first kappa shape index (κ1) is 13.7. The van der Waals surface area contributed by atoms with E-state index in [1.807, 2.05) is 37.3 Å². The number of nitrogens with zero attached hydrogens (tertiary/aromatic N) is 2. The molecule has 0 atom stereocenters. The number of fused-ring (bicyclic) bond motifs is 1. The minimum absolute atomic E-state index is 0.0609. The number of carbonyl (C=O) groups is 1. The lowest BCUT2D eigenvalue weighted by molar-refractivity contribution is 0.0902. The third-order valence-electron chi connectivity index (χ3n) is 3.81. The summed E-state index contributed by atoms with van der Waals surface area (Å²) in [6, 6.07) is 9.86. The van der Waals surface area contributed by atoms with Gasteiger partial charge in [-0.25, -0.2) is 4.79 Å². The van der Waals surface area contributed by atoms with Gasteiger partial charge >= 0.3 is 6.09 Å². The number of pyridine rings is 1. The van der Waals surface area contributed by atoms with Crippen molar-refractivity contribution < 1.29 is 14.6 Å². The molecule has 1 aliphatic heterocycles. The number of aromatic nitrogens is 1. The van der Waals surface area contributed by atoms with Crippen molar-refractivity contribution in [3.05, 3.63) is 36.0 Å². The van der Waals surface area contributed by atoms with Crippen LogP contribution in [0.4, 0.5) is 4.79 Å². The van der Waals surface area contributed by atoms with Gasteiger partial charge in [-0.05, 0) is 19.1 Å². The predicted octanol–water partition coefficient (Wildman–Crippen LogP) is 3.06. The number of benzene rings is 1. The minimum Gasteiger partial charge on any atom is -0.490 e. The molecule has 0 spiro atoms. The number of likely N-dealkylation sites (tertiary alicyclic amines) is 1. The average molecular weight is 286 g/mol. The fraction of sp³-hybridized carbons (Fsp3) is 0.375. The van der Waals surface area contributed by atoms with Crippen LogP contribution in [-0.4, -0.2) is 40.3 Å². The second-order valence-electron chi connectivity index (χ2n) is 5.37. The molecule has 0 aliphatic carbocycles. The summed E-state index contributed by atoms with van der Waals surface area (Å²) in [6.45, 7) is 3.01. The number of hydrogen-bond acceptors (Lipinski definition) is 3. The van der Waals surface area contributed by atoms with E-state index < -0.39 is 6.09 Å². The second kappa shape index (κ2) is 5.60. The maximum Gasteiger partial charge on any atom is 0.407 e. The third kappa shape index (κ3) is 2.91. The monoisotopic (exact) mass is 286 g/mol. The van der Waals surface area contributed by atoms with Crippen LogP contribution < -0.4 is 4.74 Å². The minimum atomic E-state index is -0.848. The van der Waals surface area contributed by atoms with Gasteiger partial charge in [-0.2, -0.15) is 0 Å². The van der Waals surface area contributed by atoms with E-state index in [1.54, 1.807) is 0 Å². The highest BCUT2D eigenvalue weighted by Crippen LogP contribution is 2.28. The Bertz CT molecular complexity index is 664. The summed E-state index contributed by atoms with van der Waals surface area (Å²) in [6.07, 6.45) is 0.661. The molecule has 1 aliphatic rings. The van der Waals surface area contributed by atoms with Gasteiger partial charge in [-0.3, -0.25) is 4.98 Å². The topological polar surface area (TPSA) is 62.7 Å². The number of ether oxygens (including phenoxy) is 1. The molecule has 1 amide bonds. The molecular weight excluding hydrogens is 268 g/mol. The Morgan fingerprint density at radius 3 is 2.76 bits per heavy atom. The van der Waals surface area contributed by atoms with Gasteiger partial charge in [0, 0.05) is 43.1 Å². The van der Waals surface area contributed by atoms with E-state index >= 15 is 0 Å². The molecule has 0 bridgehead atoms. The van der Waals surface area contributed by atoms with E-state index in [0.29, 0.717) is 13.1 Å². The molecule has 21 heavy (non-hydrogen) atoms. The maximum absolute atomic E-state index is 10.9. The summed E-state index contributed by atoms with van der Waals surface area (Å²) in [4.78, 5) is 16.9. The van der Waals surface area contributed by atoms with Crippen molar-refractivity contribution in [2.75, 3.05) is 13.1 Å². The van der Waals surface area contributed by atoms with Crippen LogP contribution in [0.5, 0.6) is 5.75 Å². The standard InChI is InChI=1S/C16H18N2O3/c1-11-10-15(13-4-2-3-5-14(13)17-11)21-12-6-8-18(9-7-12)16(19)20/h2-5,10,12H,6-9H2,1H3,(H,19,20). The Labute approximate surface area is 123 Å². The van der Waals surface area contributed by atoms with Crippen molar-refractivity contribution in [3.8, 4) is 5.75 Å². The lowest BCUT2D eigenvalue weighted by atomic mass is 10.1.